The summed E-state index contributed by atoms with van der Waals surface area (Å²) in [5.41, 5.74) is 1.55. The second-order valence-electron chi connectivity index (χ2n) is 7.86. The zero-order chi connectivity index (χ0) is 18.2. The van der Waals surface area contributed by atoms with Crippen LogP contribution in [0.5, 0.6) is 0 Å². The lowest BCUT2D eigenvalue weighted by Crippen LogP contribution is -2.54. The average Bonchev–Trinajstić information content (AvgIpc) is 2.53. The highest BCUT2D eigenvalue weighted by Gasteiger charge is 2.30. The van der Waals surface area contributed by atoms with E-state index in [9.17, 15) is 0 Å². The molecule has 23 heavy (non-hydrogen) atoms. The molecule has 0 saturated heterocycles. The maximum Gasteiger partial charge on any atom is 0.107 e. The van der Waals surface area contributed by atoms with Crippen LogP contribution in [-0.4, -0.2) is 51.2 Å². The molecule has 0 aliphatic carbocycles. The van der Waals surface area contributed by atoms with Gasteiger partial charge in [0.25, 0.3) is 0 Å². The molecule has 0 radical (unpaired) electrons. The van der Waals surface area contributed by atoms with Crippen molar-refractivity contribution in [1.29, 1.82) is 0 Å². The van der Waals surface area contributed by atoms with Crippen LogP contribution in [-0.2, 0) is 0 Å². The van der Waals surface area contributed by atoms with Crippen molar-refractivity contribution in [2.24, 2.45) is 0 Å². The number of hydrogen-bond donors (Lipinski definition) is 0. The second-order valence-corrected chi connectivity index (χ2v) is 14.3. The van der Waals surface area contributed by atoms with Crippen molar-refractivity contribution in [3.05, 3.63) is 0 Å². The fraction of sp³-hybridized carbons (Fsp3) is 1.00. The summed E-state index contributed by atoms with van der Waals surface area (Å²) in [6, 6.07) is 3.03. The molecule has 0 saturated carbocycles. The third kappa shape index (κ3) is 7.01. The minimum atomic E-state index is -0.833. The minimum absolute atomic E-state index is 0.758. The second kappa shape index (κ2) is 11.8. The van der Waals surface area contributed by atoms with Gasteiger partial charge in [-0.1, -0.05) is 68.5 Å². The molecule has 0 amide bonds. The van der Waals surface area contributed by atoms with Gasteiger partial charge in [0, 0.05) is 0 Å². The molecule has 0 aromatic rings. The summed E-state index contributed by atoms with van der Waals surface area (Å²) >= 11 is 0. The summed E-state index contributed by atoms with van der Waals surface area (Å²) in [4.78, 5) is 0. The zero-order valence-corrected chi connectivity index (χ0v) is 20.2. The van der Waals surface area contributed by atoms with Crippen molar-refractivity contribution in [3.8, 4) is 0 Å². The lowest BCUT2D eigenvalue weighted by molar-refractivity contribution is 0.255. The zero-order valence-electron chi connectivity index (χ0n) is 17.9. The van der Waals surface area contributed by atoms with E-state index < -0.39 is 17.9 Å². The van der Waals surface area contributed by atoms with E-state index in [-0.39, 0.29) is 0 Å². The summed E-state index contributed by atoms with van der Waals surface area (Å²) in [6.07, 6.45) is 5.16. The van der Waals surface area contributed by atoms with Crippen LogP contribution in [0.15, 0.2) is 0 Å². The molecule has 6 unspecified atom stereocenters. The van der Waals surface area contributed by atoms with Gasteiger partial charge < -0.3 is 9.13 Å². The van der Waals surface area contributed by atoms with Crippen LogP contribution in [0.1, 0.15) is 81.1 Å². The first-order valence-electron chi connectivity index (χ1n) is 10.3. The fourth-order valence-corrected chi connectivity index (χ4v) is 14.4. The maximum absolute atomic E-state index is 2.94. The van der Waals surface area contributed by atoms with Crippen LogP contribution in [0.25, 0.3) is 0 Å². The van der Waals surface area contributed by atoms with E-state index in [2.05, 4.69) is 77.6 Å². The molecule has 0 aromatic heterocycles. The average molecular weight is 359 g/mol. The van der Waals surface area contributed by atoms with Gasteiger partial charge >= 0.3 is 0 Å². The van der Waals surface area contributed by atoms with Crippen molar-refractivity contribution < 1.29 is 0 Å². The van der Waals surface area contributed by atoms with E-state index in [4.69, 9.17) is 0 Å². The first-order chi connectivity index (χ1) is 10.7. The van der Waals surface area contributed by atoms with Crippen molar-refractivity contribution in [2.45, 2.75) is 124 Å². The van der Waals surface area contributed by atoms with Gasteiger partial charge in [-0.05, 0) is 55.5 Å². The molecule has 0 rings (SSSR count). The van der Waals surface area contributed by atoms with Crippen LogP contribution in [0.2, 0.25) is 18.8 Å². The van der Waals surface area contributed by atoms with Crippen molar-refractivity contribution in [3.63, 3.8) is 0 Å². The van der Waals surface area contributed by atoms with Crippen LogP contribution >= 0.6 is 0 Å². The van der Waals surface area contributed by atoms with Crippen LogP contribution in [0.4, 0.5) is 0 Å². The summed E-state index contributed by atoms with van der Waals surface area (Å²) < 4.78 is 5.88. The first kappa shape index (κ1) is 23.4. The predicted molar refractivity (Wildman–Crippen MR) is 114 cm³/mol. The highest BCUT2D eigenvalue weighted by molar-refractivity contribution is 6.73. The molecule has 140 valence electrons. The molecule has 0 aliphatic rings. The molecular formula is C19H46N2Si2. The molecule has 4 heteroatoms. The Hall–Kier alpha value is 0.354. The lowest BCUT2D eigenvalue weighted by Gasteiger charge is -2.43. The Labute approximate surface area is 151 Å². The highest BCUT2D eigenvalue weighted by Crippen LogP contribution is 2.21. The van der Waals surface area contributed by atoms with E-state index in [0.717, 1.165) is 24.2 Å². The topological polar surface area (TPSA) is 6.48 Å². The molecule has 0 bridgehead atoms. The van der Waals surface area contributed by atoms with Crippen LogP contribution in [0, 0.1) is 0 Å². The quantitative estimate of drug-likeness (QED) is 0.451. The Bertz CT molecular complexity index is 253. The van der Waals surface area contributed by atoms with E-state index in [1.54, 1.807) is 5.67 Å². The summed E-state index contributed by atoms with van der Waals surface area (Å²) in [7, 11) is -1.67. The Morgan fingerprint density at radius 1 is 0.565 bits per heavy atom. The highest BCUT2D eigenvalue weighted by atomic mass is 28.3. The third-order valence-corrected chi connectivity index (χ3v) is 15.6. The standard InChI is InChI=1S/C19H46N2Si2/c1-11-16(5)20(17(6)12-2)22(9)15-23(10)21(18(7)13-3)19(8)14-4/h16-19,22-23H,11-15H2,1-10H3. The third-order valence-electron chi connectivity index (χ3n) is 6.10. The lowest BCUT2D eigenvalue weighted by atomic mass is 10.2. The SMILES string of the molecule is CCC(C)N(C(C)CC)[SiH](C)C[SiH](C)N(C(C)CC)C(C)CC. The predicted octanol–water partition coefficient (Wildman–Crippen LogP) is 5.03. The first-order valence-corrected chi connectivity index (χ1v) is 15.3. The Kier molecular flexibility index (Phi) is 12.0. The molecule has 0 aromatic carbocycles. The molecule has 6 atom stereocenters. The van der Waals surface area contributed by atoms with Gasteiger partial charge in [-0.2, -0.15) is 0 Å². The molecular weight excluding hydrogens is 312 g/mol. The molecule has 0 aliphatic heterocycles. The fourth-order valence-electron chi connectivity index (χ4n) is 4.19. The normalized spacial score (nSPS) is 20.3. The van der Waals surface area contributed by atoms with Gasteiger partial charge in [-0.3, -0.25) is 0 Å². The van der Waals surface area contributed by atoms with Gasteiger partial charge in [0.1, 0.15) is 17.9 Å². The smallest absolute Gasteiger partial charge is 0.107 e. The summed E-state index contributed by atoms with van der Waals surface area (Å²) in [5, 5.41) is 0. The summed E-state index contributed by atoms with van der Waals surface area (Å²) in [6.45, 7) is 24.4. The van der Waals surface area contributed by atoms with Crippen LogP contribution < -0.4 is 0 Å². The van der Waals surface area contributed by atoms with E-state index in [1.807, 2.05) is 0 Å². The van der Waals surface area contributed by atoms with Gasteiger partial charge in [-0.15, -0.1) is 0 Å². The van der Waals surface area contributed by atoms with Gasteiger partial charge in [0.15, 0.2) is 0 Å². The largest absolute Gasteiger partial charge is 0.322 e. The minimum Gasteiger partial charge on any atom is -0.322 e. The molecule has 0 spiro atoms. The van der Waals surface area contributed by atoms with Gasteiger partial charge in [0.2, 0.25) is 0 Å². The van der Waals surface area contributed by atoms with Crippen molar-refractivity contribution >= 4 is 17.9 Å². The maximum atomic E-state index is 2.94. The molecule has 0 N–H and O–H groups in total. The Balaban J connectivity index is 5.08. The van der Waals surface area contributed by atoms with Gasteiger partial charge in [0.05, 0.1) is 0 Å². The van der Waals surface area contributed by atoms with E-state index in [0.29, 0.717) is 0 Å². The Morgan fingerprint density at radius 2 is 0.783 bits per heavy atom. The number of nitrogens with zero attached hydrogens (tertiary/aromatic N) is 2. The van der Waals surface area contributed by atoms with E-state index >= 15 is 0 Å². The van der Waals surface area contributed by atoms with Crippen molar-refractivity contribution in [1.82, 2.24) is 9.13 Å². The monoisotopic (exact) mass is 358 g/mol. The number of rotatable bonds is 12. The summed E-state index contributed by atoms with van der Waals surface area (Å²) in [5.74, 6) is 0. The molecule has 0 heterocycles. The van der Waals surface area contributed by atoms with Crippen molar-refractivity contribution in [2.75, 3.05) is 0 Å². The molecule has 0 fully saturated rings. The van der Waals surface area contributed by atoms with Crippen LogP contribution in [0.3, 0.4) is 0 Å². The molecule has 2 nitrogen and oxygen atoms in total. The Morgan fingerprint density at radius 3 is 0.957 bits per heavy atom. The number of hydrogen-bond acceptors (Lipinski definition) is 2. The van der Waals surface area contributed by atoms with E-state index in [1.165, 1.54) is 25.7 Å². The van der Waals surface area contributed by atoms with Gasteiger partial charge in [-0.25, -0.2) is 0 Å².